The van der Waals surface area contributed by atoms with Crippen LogP contribution < -0.4 is 11.5 Å². The number of rotatable bonds is 5. The number of carboxylic acids is 1. The van der Waals surface area contributed by atoms with Crippen LogP contribution in [0.2, 0.25) is 0 Å². The number of hydrogen-bond donors (Lipinski definition) is 3. The van der Waals surface area contributed by atoms with Gasteiger partial charge in [0.15, 0.2) is 0 Å². The van der Waals surface area contributed by atoms with Crippen LogP contribution in [0.1, 0.15) is 19.3 Å². The van der Waals surface area contributed by atoms with Crippen molar-refractivity contribution in [3.63, 3.8) is 0 Å². The number of hydrogen-bond acceptors (Lipinski definition) is 7. The maximum Gasteiger partial charge on any atom is 2.00 e. The largest absolute Gasteiger partial charge is 2.00 e. The van der Waals surface area contributed by atoms with Crippen LogP contribution in [0.15, 0.2) is 0 Å². The standard InChI is InChI=1S/C6H14N2O2.Fe.H2O4S/c7-4-2-1-3-5(8)6(9)10;;1-5(2,3)4/h5H,1-4,7-8H2,(H,9,10);;(H2,1,2,3,4)/q;+2;/p-2/t5-;;/m0../s1. The van der Waals surface area contributed by atoms with Gasteiger partial charge in [0.1, 0.15) is 6.04 Å². The second-order valence-corrected chi connectivity index (χ2v) is 3.45. The van der Waals surface area contributed by atoms with E-state index < -0.39 is 22.4 Å². The Kier molecular flexibility index (Phi) is 14.9. The van der Waals surface area contributed by atoms with Crippen LogP contribution in [-0.2, 0) is 32.3 Å². The number of nitrogens with two attached hydrogens (primary N) is 2. The molecule has 0 unspecified atom stereocenters. The normalized spacial score (nSPS) is 11.8. The zero-order valence-electron chi connectivity index (χ0n) is 8.31. The van der Waals surface area contributed by atoms with Gasteiger partial charge in [-0.1, -0.05) is 6.42 Å². The molecule has 0 spiro atoms. The third kappa shape index (κ3) is 29.2. The molecule has 0 aliphatic rings. The summed E-state index contributed by atoms with van der Waals surface area (Å²) < 4.78 is 34.1. The monoisotopic (exact) mass is 298 g/mol. The van der Waals surface area contributed by atoms with Crippen molar-refractivity contribution < 1.29 is 44.5 Å². The molecule has 0 saturated carbocycles. The van der Waals surface area contributed by atoms with Crippen LogP contribution >= 0.6 is 0 Å². The molecule has 16 heavy (non-hydrogen) atoms. The van der Waals surface area contributed by atoms with Crippen LogP contribution in [-0.4, -0.2) is 41.2 Å². The molecule has 1 atom stereocenters. The molecule has 0 saturated heterocycles. The SMILES string of the molecule is NCCCC[C@H](N)C(=O)O.O=S(=O)([O-])[O-].[Fe+2]. The summed E-state index contributed by atoms with van der Waals surface area (Å²) >= 11 is 0. The van der Waals surface area contributed by atoms with Crippen LogP contribution in [0.25, 0.3) is 0 Å². The van der Waals surface area contributed by atoms with E-state index in [1.807, 2.05) is 0 Å². The van der Waals surface area contributed by atoms with Gasteiger partial charge >= 0.3 is 23.0 Å². The van der Waals surface area contributed by atoms with Crippen LogP contribution in [0.4, 0.5) is 0 Å². The molecule has 0 aromatic heterocycles. The average Bonchev–Trinajstić information content (AvgIpc) is 2.01. The predicted molar refractivity (Wildman–Crippen MR) is 49.0 cm³/mol. The Labute approximate surface area is 104 Å². The summed E-state index contributed by atoms with van der Waals surface area (Å²) in [6.45, 7) is 0.604. The van der Waals surface area contributed by atoms with Gasteiger partial charge in [-0.25, -0.2) is 0 Å². The maximum atomic E-state index is 10.1. The minimum Gasteiger partial charge on any atom is -0.759 e. The van der Waals surface area contributed by atoms with Crippen molar-refractivity contribution in [3.8, 4) is 0 Å². The van der Waals surface area contributed by atoms with E-state index in [2.05, 4.69) is 0 Å². The molecule has 0 radical (unpaired) electrons. The van der Waals surface area contributed by atoms with Crippen molar-refractivity contribution >= 4 is 16.4 Å². The van der Waals surface area contributed by atoms with E-state index in [-0.39, 0.29) is 17.1 Å². The van der Waals surface area contributed by atoms with Gasteiger partial charge in [-0.05, 0) is 19.4 Å². The zero-order chi connectivity index (χ0) is 12.5. The van der Waals surface area contributed by atoms with Crippen molar-refractivity contribution in [2.45, 2.75) is 25.3 Å². The topological polar surface area (TPSA) is 170 Å². The molecule has 0 aromatic rings. The van der Waals surface area contributed by atoms with Crippen molar-refractivity contribution in [1.82, 2.24) is 0 Å². The Balaban J connectivity index is -0.000000242. The molecule has 0 heterocycles. The fourth-order valence-corrected chi connectivity index (χ4v) is 0.632. The number of aliphatic carboxylic acids is 1. The first-order valence-corrected chi connectivity index (χ1v) is 5.37. The molecular weight excluding hydrogens is 284 g/mol. The molecule has 0 bridgehead atoms. The Morgan fingerprint density at radius 2 is 1.69 bits per heavy atom. The van der Waals surface area contributed by atoms with Crippen molar-refractivity contribution in [2.24, 2.45) is 11.5 Å². The summed E-state index contributed by atoms with van der Waals surface area (Å²) in [7, 11) is -5.17. The first kappa shape index (κ1) is 21.1. The van der Waals surface area contributed by atoms with Crippen LogP contribution in [0, 0.1) is 0 Å². The van der Waals surface area contributed by atoms with Crippen LogP contribution in [0.5, 0.6) is 0 Å². The smallest absolute Gasteiger partial charge is 0.759 e. The van der Waals surface area contributed by atoms with E-state index >= 15 is 0 Å². The van der Waals surface area contributed by atoms with Crippen molar-refractivity contribution in [2.75, 3.05) is 6.54 Å². The second kappa shape index (κ2) is 11.3. The first-order valence-electron chi connectivity index (χ1n) is 4.03. The molecule has 98 valence electrons. The molecule has 8 nitrogen and oxygen atoms in total. The van der Waals surface area contributed by atoms with Gasteiger partial charge in [-0.15, -0.1) is 0 Å². The molecule has 0 aromatic carbocycles. The zero-order valence-corrected chi connectivity index (χ0v) is 10.2. The van der Waals surface area contributed by atoms with Crippen molar-refractivity contribution in [1.29, 1.82) is 0 Å². The summed E-state index contributed by atoms with van der Waals surface area (Å²) in [5, 5.41) is 8.33. The molecule has 0 fully saturated rings. The molecular formula is C6H14FeN2O6S. The summed E-state index contributed by atoms with van der Waals surface area (Å²) in [6, 6.07) is -0.716. The van der Waals surface area contributed by atoms with E-state index in [0.29, 0.717) is 13.0 Å². The number of carboxylic acid groups (broad SMARTS) is 1. The molecule has 0 aliphatic carbocycles. The van der Waals surface area contributed by atoms with Gasteiger partial charge in [0.05, 0.1) is 0 Å². The van der Waals surface area contributed by atoms with Gasteiger partial charge in [0.2, 0.25) is 0 Å². The molecule has 0 aliphatic heterocycles. The molecule has 0 amide bonds. The second-order valence-electron chi connectivity index (χ2n) is 2.64. The molecule has 5 N–H and O–H groups in total. The quantitative estimate of drug-likeness (QED) is 0.230. The molecule has 0 rings (SSSR count). The minimum absolute atomic E-state index is 0. The van der Waals surface area contributed by atoms with E-state index in [1.165, 1.54) is 0 Å². The Hall–Kier alpha value is -0.221. The fourth-order valence-electron chi connectivity index (χ4n) is 0.632. The van der Waals surface area contributed by atoms with Gasteiger partial charge in [-0.2, -0.15) is 0 Å². The summed E-state index contributed by atoms with van der Waals surface area (Å²) in [6.07, 6.45) is 2.16. The van der Waals surface area contributed by atoms with Gasteiger partial charge in [0.25, 0.3) is 0 Å². The third-order valence-corrected chi connectivity index (χ3v) is 1.29. The third-order valence-electron chi connectivity index (χ3n) is 1.29. The Bertz CT molecular complexity index is 262. The average molecular weight is 298 g/mol. The predicted octanol–water partition coefficient (Wildman–Crippen LogP) is -1.81. The van der Waals surface area contributed by atoms with Gasteiger partial charge in [-0.3, -0.25) is 13.2 Å². The summed E-state index contributed by atoms with van der Waals surface area (Å²) in [5.41, 5.74) is 10.4. The summed E-state index contributed by atoms with van der Waals surface area (Å²) in [4.78, 5) is 10.1. The van der Waals surface area contributed by atoms with Crippen molar-refractivity contribution in [3.05, 3.63) is 0 Å². The summed E-state index contributed by atoms with van der Waals surface area (Å²) in [5.74, 6) is -0.933. The van der Waals surface area contributed by atoms with E-state index in [0.717, 1.165) is 12.8 Å². The van der Waals surface area contributed by atoms with Gasteiger partial charge < -0.3 is 25.7 Å². The maximum absolute atomic E-state index is 10.1. The van der Waals surface area contributed by atoms with Gasteiger partial charge in [0, 0.05) is 10.4 Å². The minimum atomic E-state index is -5.17. The fraction of sp³-hybridized carbons (Fsp3) is 0.833. The number of unbranched alkanes of at least 4 members (excludes halogenated alkanes) is 1. The Morgan fingerprint density at radius 3 is 1.94 bits per heavy atom. The molecule has 10 heteroatoms. The van der Waals surface area contributed by atoms with E-state index in [1.54, 1.807) is 0 Å². The Morgan fingerprint density at radius 1 is 1.31 bits per heavy atom. The first-order chi connectivity index (χ1) is 6.68. The van der Waals surface area contributed by atoms with E-state index in [9.17, 15) is 4.79 Å². The number of carbonyl (C=O) groups is 1. The van der Waals surface area contributed by atoms with E-state index in [4.69, 9.17) is 34.1 Å². The van der Waals surface area contributed by atoms with Crippen LogP contribution in [0.3, 0.4) is 0 Å².